The summed E-state index contributed by atoms with van der Waals surface area (Å²) in [6, 6.07) is 0.255. The maximum Gasteiger partial charge on any atom is 0.422 e. The lowest BCUT2D eigenvalue weighted by molar-refractivity contribution is -0.163. The molecule has 0 aliphatic heterocycles. The highest BCUT2D eigenvalue weighted by Gasteiger charge is 2.46. The molecule has 1 heterocycles. The molecule has 0 saturated heterocycles. The highest BCUT2D eigenvalue weighted by Crippen LogP contribution is 2.43. The van der Waals surface area contributed by atoms with Crippen molar-refractivity contribution in [3.05, 3.63) is 23.4 Å². The van der Waals surface area contributed by atoms with E-state index >= 15 is 0 Å². The van der Waals surface area contributed by atoms with Gasteiger partial charge < -0.3 is 4.74 Å². The van der Waals surface area contributed by atoms with E-state index in [2.05, 4.69) is 9.72 Å². The number of nitrogens with zero attached hydrogens (tertiary/aromatic N) is 1. The fourth-order valence-corrected chi connectivity index (χ4v) is 1.11. The predicted octanol–water partition coefficient (Wildman–Crippen LogP) is 3.13. The van der Waals surface area contributed by atoms with Crippen LogP contribution < -0.4 is 4.74 Å². The summed E-state index contributed by atoms with van der Waals surface area (Å²) in [6.07, 6.45) is -9.68. The van der Waals surface area contributed by atoms with E-state index in [1.165, 1.54) is 0 Å². The first-order valence-corrected chi connectivity index (χ1v) is 3.85. The zero-order chi connectivity index (χ0) is 12.6. The third kappa shape index (κ3) is 2.37. The van der Waals surface area contributed by atoms with Crippen LogP contribution in [0.1, 0.15) is 11.1 Å². The van der Waals surface area contributed by atoms with Gasteiger partial charge in [0.25, 0.3) is 0 Å². The molecule has 0 bridgehead atoms. The summed E-state index contributed by atoms with van der Waals surface area (Å²) in [4.78, 5) is 3.10. The predicted molar refractivity (Wildman–Crippen MR) is 40.8 cm³/mol. The highest BCUT2D eigenvalue weighted by atomic mass is 19.4. The van der Waals surface area contributed by atoms with Gasteiger partial charge in [0.2, 0.25) is 5.88 Å². The lowest BCUT2D eigenvalue weighted by atomic mass is 10.1. The van der Waals surface area contributed by atoms with Crippen LogP contribution in [0.2, 0.25) is 0 Å². The molecule has 0 spiro atoms. The minimum atomic E-state index is -5.18. The molecular weight excluding hydrogens is 240 g/mol. The maximum absolute atomic E-state index is 12.4. The number of hydrogen-bond donors (Lipinski definition) is 0. The number of aromatic nitrogens is 1. The van der Waals surface area contributed by atoms with Crippen molar-refractivity contribution in [2.75, 3.05) is 7.11 Å². The zero-order valence-corrected chi connectivity index (χ0v) is 7.78. The second kappa shape index (κ2) is 3.84. The van der Waals surface area contributed by atoms with E-state index in [9.17, 15) is 26.3 Å². The molecule has 0 aliphatic carbocycles. The van der Waals surface area contributed by atoms with Gasteiger partial charge in [-0.2, -0.15) is 26.3 Å². The van der Waals surface area contributed by atoms with Crippen molar-refractivity contribution in [1.82, 2.24) is 4.98 Å². The van der Waals surface area contributed by atoms with Crippen molar-refractivity contribution in [3.8, 4) is 5.88 Å². The molecule has 0 aromatic carbocycles. The quantitative estimate of drug-likeness (QED) is 0.709. The van der Waals surface area contributed by atoms with E-state index in [1.807, 2.05) is 0 Å². The molecular formula is C8H5F6NO. The summed E-state index contributed by atoms with van der Waals surface area (Å²) in [5, 5.41) is 0. The highest BCUT2D eigenvalue weighted by molar-refractivity contribution is 5.38. The standard InChI is InChI=1S/C8H5F6NO/c1-16-6-5(8(12,13)14)4(2-3-15-6)7(9,10)11/h2-3H,1H3. The molecule has 0 radical (unpaired) electrons. The Labute approximate surface area is 85.9 Å². The summed E-state index contributed by atoms with van der Waals surface area (Å²) in [6.45, 7) is 0. The summed E-state index contributed by atoms with van der Waals surface area (Å²) >= 11 is 0. The Bertz CT molecular complexity index is 383. The summed E-state index contributed by atoms with van der Waals surface area (Å²) in [5.41, 5.74) is -3.73. The van der Waals surface area contributed by atoms with Crippen molar-refractivity contribution in [2.24, 2.45) is 0 Å². The molecule has 90 valence electrons. The number of rotatable bonds is 1. The first kappa shape index (κ1) is 12.6. The van der Waals surface area contributed by atoms with Gasteiger partial charge in [-0.05, 0) is 6.07 Å². The lowest BCUT2D eigenvalue weighted by Crippen LogP contribution is -2.18. The molecule has 1 aromatic heterocycles. The number of pyridine rings is 1. The minimum Gasteiger partial charge on any atom is -0.481 e. The molecule has 0 fully saturated rings. The lowest BCUT2D eigenvalue weighted by Gasteiger charge is -2.16. The van der Waals surface area contributed by atoms with Gasteiger partial charge in [0, 0.05) is 6.20 Å². The van der Waals surface area contributed by atoms with Crippen LogP contribution in [0, 0.1) is 0 Å². The van der Waals surface area contributed by atoms with E-state index in [4.69, 9.17) is 0 Å². The molecule has 0 amide bonds. The molecule has 0 N–H and O–H groups in total. The Kier molecular flexibility index (Phi) is 3.02. The Morgan fingerprint density at radius 1 is 1.06 bits per heavy atom. The first-order valence-electron chi connectivity index (χ1n) is 3.85. The third-order valence-electron chi connectivity index (χ3n) is 1.70. The molecule has 16 heavy (non-hydrogen) atoms. The van der Waals surface area contributed by atoms with Crippen LogP contribution in [0.5, 0.6) is 5.88 Å². The van der Waals surface area contributed by atoms with E-state index < -0.39 is 29.4 Å². The minimum absolute atomic E-state index is 0.255. The van der Waals surface area contributed by atoms with Crippen molar-refractivity contribution in [3.63, 3.8) is 0 Å². The molecule has 0 saturated carbocycles. The van der Waals surface area contributed by atoms with Gasteiger partial charge in [0.15, 0.2) is 0 Å². The number of alkyl halides is 6. The maximum atomic E-state index is 12.4. The summed E-state index contributed by atoms with van der Waals surface area (Å²) < 4.78 is 78.3. The molecule has 2 nitrogen and oxygen atoms in total. The largest absolute Gasteiger partial charge is 0.481 e. The van der Waals surface area contributed by atoms with Gasteiger partial charge in [0.05, 0.1) is 12.7 Å². The van der Waals surface area contributed by atoms with Crippen molar-refractivity contribution in [2.45, 2.75) is 12.4 Å². The summed E-state index contributed by atoms with van der Waals surface area (Å²) in [7, 11) is 0.817. The number of methoxy groups -OCH3 is 1. The van der Waals surface area contributed by atoms with Crippen molar-refractivity contribution >= 4 is 0 Å². The second-order valence-corrected chi connectivity index (χ2v) is 2.74. The number of ether oxygens (including phenoxy) is 1. The molecule has 1 aromatic rings. The van der Waals surface area contributed by atoms with Gasteiger partial charge >= 0.3 is 12.4 Å². The Hall–Kier alpha value is -1.47. The van der Waals surface area contributed by atoms with Crippen LogP contribution in [0.25, 0.3) is 0 Å². The van der Waals surface area contributed by atoms with E-state index in [0.717, 1.165) is 7.11 Å². The molecule has 0 aliphatic rings. The van der Waals surface area contributed by atoms with Crippen LogP contribution in [0.4, 0.5) is 26.3 Å². The van der Waals surface area contributed by atoms with Gasteiger partial charge in [0.1, 0.15) is 5.56 Å². The number of halogens is 6. The third-order valence-corrected chi connectivity index (χ3v) is 1.70. The van der Waals surface area contributed by atoms with Crippen molar-refractivity contribution < 1.29 is 31.1 Å². The average Bonchev–Trinajstić information content (AvgIpc) is 2.13. The van der Waals surface area contributed by atoms with Gasteiger partial charge in [-0.25, -0.2) is 4.98 Å². The van der Waals surface area contributed by atoms with Crippen LogP contribution in [0.3, 0.4) is 0 Å². The Balaban J connectivity index is 3.51. The monoisotopic (exact) mass is 245 g/mol. The van der Waals surface area contributed by atoms with Gasteiger partial charge in [-0.1, -0.05) is 0 Å². The average molecular weight is 245 g/mol. The first-order chi connectivity index (χ1) is 7.18. The fraction of sp³-hybridized carbons (Fsp3) is 0.375. The zero-order valence-electron chi connectivity index (χ0n) is 7.78. The Morgan fingerprint density at radius 3 is 2.00 bits per heavy atom. The SMILES string of the molecule is COc1nccc(C(F)(F)F)c1C(F)(F)F. The van der Waals surface area contributed by atoms with Crippen molar-refractivity contribution in [1.29, 1.82) is 0 Å². The smallest absolute Gasteiger partial charge is 0.422 e. The Morgan fingerprint density at radius 2 is 1.62 bits per heavy atom. The number of hydrogen-bond acceptors (Lipinski definition) is 2. The topological polar surface area (TPSA) is 22.1 Å². The van der Waals surface area contributed by atoms with Gasteiger partial charge in [-0.15, -0.1) is 0 Å². The molecule has 0 atom stereocenters. The van der Waals surface area contributed by atoms with Crippen LogP contribution in [0.15, 0.2) is 12.3 Å². The van der Waals surface area contributed by atoms with Crippen LogP contribution >= 0.6 is 0 Å². The van der Waals surface area contributed by atoms with E-state index in [-0.39, 0.29) is 6.07 Å². The van der Waals surface area contributed by atoms with Crippen LogP contribution in [-0.2, 0) is 12.4 Å². The van der Waals surface area contributed by atoms with E-state index in [0.29, 0.717) is 6.20 Å². The molecule has 8 heteroatoms. The summed E-state index contributed by atoms with van der Waals surface area (Å²) in [5.74, 6) is -1.10. The van der Waals surface area contributed by atoms with Gasteiger partial charge in [-0.3, -0.25) is 0 Å². The normalized spacial score (nSPS) is 12.7. The fourth-order valence-electron chi connectivity index (χ4n) is 1.11. The molecule has 0 unspecified atom stereocenters. The van der Waals surface area contributed by atoms with Crippen LogP contribution in [-0.4, -0.2) is 12.1 Å². The second-order valence-electron chi connectivity index (χ2n) is 2.74. The van der Waals surface area contributed by atoms with E-state index in [1.54, 1.807) is 0 Å². The molecule has 1 rings (SSSR count).